The summed E-state index contributed by atoms with van der Waals surface area (Å²) in [4.78, 5) is 10.6. The average Bonchev–Trinajstić information content (AvgIpc) is 1.63. The second-order valence-electron chi connectivity index (χ2n) is 2.07. The van der Waals surface area contributed by atoms with Crippen molar-refractivity contribution >= 4 is 5.78 Å². The van der Waals surface area contributed by atoms with E-state index in [1.54, 1.807) is 6.08 Å². The normalized spacial score (nSPS) is 7.67. The van der Waals surface area contributed by atoms with Gasteiger partial charge in [-0.05, 0) is 19.9 Å². The Morgan fingerprint density at radius 2 is 2.22 bits per heavy atom. The molecule has 0 aromatic heterocycles. The van der Waals surface area contributed by atoms with Gasteiger partial charge in [-0.15, -0.1) is 6.42 Å². The summed E-state index contributed by atoms with van der Waals surface area (Å²) in [6, 6.07) is 0. The molecule has 0 bridgehead atoms. The molecular formula is C8H10O. The Balaban J connectivity index is 3.81. The molecule has 0 spiro atoms. The minimum atomic E-state index is 0.0116. The van der Waals surface area contributed by atoms with Gasteiger partial charge in [-0.1, -0.05) is 11.5 Å². The zero-order valence-corrected chi connectivity index (χ0v) is 5.77. The molecule has 48 valence electrons. The zero-order chi connectivity index (χ0) is 7.28. The Bertz CT molecular complexity index is 165. The molecule has 0 atom stereocenters. The van der Waals surface area contributed by atoms with Gasteiger partial charge >= 0.3 is 0 Å². The van der Waals surface area contributed by atoms with Crippen LogP contribution < -0.4 is 0 Å². The monoisotopic (exact) mass is 122 g/mol. The number of allylic oxidation sites excluding steroid dienone is 2. The highest BCUT2D eigenvalue weighted by Crippen LogP contribution is 1.90. The predicted molar refractivity (Wildman–Crippen MR) is 37.9 cm³/mol. The summed E-state index contributed by atoms with van der Waals surface area (Å²) in [6.07, 6.45) is 6.67. The number of hydrogen-bond acceptors (Lipinski definition) is 1. The van der Waals surface area contributed by atoms with E-state index in [0.717, 1.165) is 5.57 Å². The largest absolute Gasteiger partial charge is 0.294 e. The maximum Gasteiger partial charge on any atom is 0.167 e. The third-order valence-electron chi connectivity index (χ3n) is 0.726. The summed E-state index contributed by atoms with van der Waals surface area (Å²) in [7, 11) is 0. The fourth-order valence-corrected chi connectivity index (χ4v) is 0.474. The minimum absolute atomic E-state index is 0.0116. The average molecular weight is 122 g/mol. The second-order valence-corrected chi connectivity index (χ2v) is 2.07. The first-order chi connectivity index (χ1) is 4.16. The van der Waals surface area contributed by atoms with E-state index in [4.69, 9.17) is 6.42 Å². The molecule has 0 aromatic carbocycles. The maximum absolute atomic E-state index is 10.6. The Labute approximate surface area is 55.8 Å². The molecule has 0 aromatic rings. The summed E-state index contributed by atoms with van der Waals surface area (Å²) in [5, 5.41) is 0. The molecule has 0 heterocycles. The molecule has 0 aliphatic rings. The first-order valence-corrected chi connectivity index (χ1v) is 2.78. The SMILES string of the molecule is C#CCC(=O)C=C(C)C. The van der Waals surface area contributed by atoms with Gasteiger partial charge in [0.15, 0.2) is 5.78 Å². The molecule has 0 amide bonds. The van der Waals surface area contributed by atoms with Gasteiger partial charge < -0.3 is 0 Å². The molecule has 0 saturated heterocycles. The molecule has 0 saturated carbocycles. The molecule has 9 heavy (non-hydrogen) atoms. The number of carbonyl (C=O) groups is 1. The van der Waals surface area contributed by atoms with E-state index in [9.17, 15) is 4.79 Å². The van der Waals surface area contributed by atoms with Crippen molar-refractivity contribution in [2.75, 3.05) is 0 Å². The smallest absolute Gasteiger partial charge is 0.167 e. The van der Waals surface area contributed by atoms with E-state index in [2.05, 4.69) is 5.92 Å². The standard InChI is InChI=1S/C8H10O/c1-4-5-8(9)6-7(2)3/h1,6H,5H2,2-3H3. The van der Waals surface area contributed by atoms with Crippen LogP contribution in [0, 0.1) is 12.3 Å². The third kappa shape index (κ3) is 4.83. The van der Waals surface area contributed by atoms with Gasteiger partial charge in [-0.3, -0.25) is 4.79 Å². The molecule has 0 aliphatic heterocycles. The molecule has 0 fully saturated rings. The summed E-state index contributed by atoms with van der Waals surface area (Å²) >= 11 is 0. The summed E-state index contributed by atoms with van der Waals surface area (Å²) in [5.74, 6) is 2.29. The highest BCUT2D eigenvalue weighted by atomic mass is 16.1. The molecule has 0 radical (unpaired) electrons. The lowest BCUT2D eigenvalue weighted by molar-refractivity contribution is -0.113. The van der Waals surface area contributed by atoms with Gasteiger partial charge in [0.1, 0.15) is 0 Å². The molecule has 1 heteroatoms. The van der Waals surface area contributed by atoms with Gasteiger partial charge in [0.25, 0.3) is 0 Å². The van der Waals surface area contributed by atoms with Crippen LogP contribution in [-0.2, 0) is 4.79 Å². The van der Waals surface area contributed by atoms with E-state index in [1.807, 2.05) is 13.8 Å². The molecule has 0 aliphatic carbocycles. The highest BCUT2D eigenvalue weighted by molar-refractivity contribution is 5.91. The van der Waals surface area contributed by atoms with E-state index in [0.29, 0.717) is 0 Å². The molecule has 0 unspecified atom stereocenters. The first-order valence-electron chi connectivity index (χ1n) is 2.78. The van der Waals surface area contributed by atoms with Crippen molar-refractivity contribution in [3.63, 3.8) is 0 Å². The van der Waals surface area contributed by atoms with Crippen molar-refractivity contribution in [3.05, 3.63) is 11.6 Å². The Morgan fingerprint density at radius 3 is 2.56 bits per heavy atom. The molecule has 1 nitrogen and oxygen atoms in total. The number of rotatable bonds is 2. The molecule has 0 rings (SSSR count). The lowest BCUT2D eigenvalue weighted by Crippen LogP contribution is -1.89. The van der Waals surface area contributed by atoms with Gasteiger partial charge in [-0.25, -0.2) is 0 Å². The lowest BCUT2D eigenvalue weighted by Gasteiger charge is -1.85. The fourth-order valence-electron chi connectivity index (χ4n) is 0.474. The molecule has 0 N–H and O–H groups in total. The van der Waals surface area contributed by atoms with Crippen LogP contribution >= 0.6 is 0 Å². The van der Waals surface area contributed by atoms with Crippen molar-refractivity contribution in [2.45, 2.75) is 20.3 Å². The summed E-state index contributed by atoms with van der Waals surface area (Å²) in [5.41, 5.74) is 0.996. The Morgan fingerprint density at radius 1 is 1.67 bits per heavy atom. The Kier molecular flexibility index (Phi) is 3.46. The molecular weight excluding hydrogens is 112 g/mol. The van der Waals surface area contributed by atoms with Crippen molar-refractivity contribution < 1.29 is 4.79 Å². The number of carbonyl (C=O) groups excluding carboxylic acids is 1. The summed E-state index contributed by atoms with van der Waals surface area (Å²) in [6.45, 7) is 3.74. The van der Waals surface area contributed by atoms with Crippen LogP contribution in [0.15, 0.2) is 11.6 Å². The van der Waals surface area contributed by atoms with E-state index in [-0.39, 0.29) is 12.2 Å². The third-order valence-corrected chi connectivity index (χ3v) is 0.726. The zero-order valence-electron chi connectivity index (χ0n) is 5.77. The number of terminal acetylenes is 1. The van der Waals surface area contributed by atoms with Crippen LogP contribution in [0.5, 0.6) is 0 Å². The van der Waals surface area contributed by atoms with Crippen LogP contribution in [0.3, 0.4) is 0 Å². The Hall–Kier alpha value is -1.03. The highest BCUT2D eigenvalue weighted by Gasteiger charge is 1.90. The summed E-state index contributed by atoms with van der Waals surface area (Å²) < 4.78 is 0. The van der Waals surface area contributed by atoms with Crippen LogP contribution in [0.25, 0.3) is 0 Å². The van der Waals surface area contributed by atoms with E-state index < -0.39 is 0 Å². The fraction of sp³-hybridized carbons (Fsp3) is 0.375. The van der Waals surface area contributed by atoms with Crippen LogP contribution in [0.1, 0.15) is 20.3 Å². The minimum Gasteiger partial charge on any atom is -0.294 e. The predicted octanol–water partition coefficient (Wildman–Crippen LogP) is 1.54. The topological polar surface area (TPSA) is 17.1 Å². The van der Waals surface area contributed by atoms with Gasteiger partial charge in [-0.2, -0.15) is 0 Å². The van der Waals surface area contributed by atoms with E-state index in [1.165, 1.54) is 0 Å². The van der Waals surface area contributed by atoms with Gasteiger partial charge in [0, 0.05) is 0 Å². The van der Waals surface area contributed by atoms with Crippen LogP contribution in [-0.4, -0.2) is 5.78 Å². The van der Waals surface area contributed by atoms with Crippen molar-refractivity contribution in [2.24, 2.45) is 0 Å². The number of hydrogen-bond donors (Lipinski definition) is 0. The van der Waals surface area contributed by atoms with E-state index >= 15 is 0 Å². The number of ketones is 1. The van der Waals surface area contributed by atoms with Crippen LogP contribution in [0.4, 0.5) is 0 Å². The van der Waals surface area contributed by atoms with Crippen molar-refractivity contribution in [1.82, 2.24) is 0 Å². The van der Waals surface area contributed by atoms with Crippen molar-refractivity contribution in [1.29, 1.82) is 0 Å². The maximum atomic E-state index is 10.6. The van der Waals surface area contributed by atoms with Gasteiger partial charge in [0.2, 0.25) is 0 Å². The van der Waals surface area contributed by atoms with Crippen LogP contribution in [0.2, 0.25) is 0 Å². The first kappa shape index (κ1) is 7.97. The lowest BCUT2D eigenvalue weighted by atomic mass is 10.2. The quantitative estimate of drug-likeness (QED) is 0.401. The second kappa shape index (κ2) is 3.91. The van der Waals surface area contributed by atoms with Crippen molar-refractivity contribution in [3.8, 4) is 12.3 Å². The van der Waals surface area contributed by atoms with Gasteiger partial charge in [0.05, 0.1) is 6.42 Å².